The van der Waals surface area contributed by atoms with E-state index in [0.29, 0.717) is 6.54 Å². The van der Waals surface area contributed by atoms with Crippen LogP contribution in [0.1, 0.15) is 26.7 Å². The molecule has 0 radical (unpaired) electrons. The van der Waals surface area contributed by atoms with Crippen LogP contribution < -0.4 is 10.2 Å². The number of hydrogen-bond donors (Lipinski definition) is 2. The number of likely N-dealkylation sites (N-methyl/N-ethyl adjacent to an activating group) is 1. The molecule has 0 spiro atoms. The number of para-hydroxylation sites is 1. The summed E-state index contributed by atoms with van der Waals surface area (Å²) < 4.78 is 0. The van der Waals surface area contributed by atoms with E-state index in [4.69, 9.17) is 0 Å². The summed E-state index contributed by atoms with van der Waals surface area (Å²) in [4.78, 5) is 26.1. The van der Waals surface area contributed by atoms with Crippen LogP contribution in [0.2, 0.25) is 0 Å². The molecule has 114 valence electrons. The van der Waals surface area contributed by atoms with Gasteiger partial charge >= 0.3 is 0 Å². The highest BCUT2D eigenvalue weighted by Gasteiger charge is 2.35. The van der Waals surface area contributed by atoms with Crippen molar-refractivity contribution in [3.63, 3.8) is 0 Å². The fourth-order valence-electron chi connectivity index (χ4n) is 2.25. The Hall–Kier alpha value is -1.88. The van der Waals surface area contributed by atoms with E-state index in [1.54, 1.807) is 4.90 Å². The standard InChI is InChI=1S/C16H22N2O3/c1-3-18(13-7-5-4-6-8-13)16(21)14(11(2)19)17-15(20)12-9-10-12/h4-8,11-12,14,19H,3,9-10H2,1-2H3,(H,17,20). The normalized spacial score (nSPS) is 16.9. The highest BCUT2D eigenvalue weighted by Crippen LogP contribution is 2.29. The Kier molecular flexibility index (Phi) is 4.96. The molecule has 2 atom stereocenters. The maximum atomic E-state index is 12.6. The number of rotatable bonds is 6. The Balaban J connectivity index is 2.13. The summed E-state index contributed by atoms with van der Waals surface area (Å²) in [5.41, 5.74) is 0.760. The first-order valence-electron chi connectivity index (χ1n) is 7.39. The number of anilines is 1. The first-order chi connectivity index (χ1) is 10.0. The van der Waals surface area contributed by atoms with Crippen LogP contribution in [-0.4, -0.2) is 35.6 Å². The van der Waals surface area contributed by atoms with Crippen LogP contribution in [0.3, 0.4) is 0 Å². The largest absolute Gasteiger partial charge is 0.391 e. The molecule has 0 aromatic heterocycles. The second-order valence-electron chi connectivity index (χ2n) is 5.42. The van der Waals surface area contributed by atoms with Crippen LogP contribution in [0.4, 0.5) is 5.69 Å². The van der Waals surface area contributed by atoms with E-state index in [9.17, 15) is 14.7 Å². The molecule has 1 fully saturated rings. The van der Waals surface area contributed by atoms with Crippen LogP contribution >= 0.6 is 0 Å². The lowest BCUT2D eigenvalue weighted by atomic mass is 10.1. The predicted octanol–water partition coefficient (Wildman–Crippen LogP) is 1.32. The van der Waals surface area contributed by atoms with Crippen LogP contribution in [0, 0.1) is 5.92 Å². The summed E-state index contributed by atoms with van der Waals surface area (Å²) >= 11 is 0. The van der Waals surface area contributed by atoms with E-state index in [0.717, 1.165) is 18.5 Å². The van der Waals surface area contributed by atoms with E-state index >= 15 is 0 Å². The van der Waals surface area contributed by atoms with E-state index in [-0.39, 0.29) is 17.7 Å². The van der Waals surface area contributed by atoms with Gasteiger partial charge < -0.3 is 15.3 Å². The minimum absolute atomic E-state index is 0.00542. The number of nitrogens with zero attached hydrogens (tertiary/aromatic N) is 1. The molecule has 0 aliphatic heterocycles. The van der Waals surface area contributed by atoms with E-state index in [1.165, 1.54) is 6.92 Å². The predicted molar refractivity (Wildman–Crippen MR) is 80.8 cm³/mol. The highest BCUT2D eigenvalue weighted by molar-refractivity contribution is 5.99. The van der Waals surface area contributed by atoms with Crippen molar-refractivity contribution >= 4 is 17.5 Å². The molecular weight excluding hydrogens is 268 g/mol. The summed E-state index contributed by atoms with van der Waals surface area (Å²) in [7, 11) is 0. The monoisotopic (exact) mass is 290 g/mol. The average molecular weight is 290 g/mol. The number of nitrogens with one attached hydrogen (secondary N) is 1. The zero-order chi connectivity index (χ0) is 15.4. The van der Waals surface area contributed by atoms with Gasteiger partial charge in [-0.25, -0.2) is 0 Å². The molecule has 1 aromatic carbocycles. The lowest BCUT2D eigenvalue weighted by Crippen LogP contribution is -2.54. The third kappa shape index (κ3) is 3.82. The van der Waals surface area contributed by atoms with Gasteiger partial charge in [-0.3, -0.25) is 9.59 Å². The van der Waals surface area contributed by atoms with E-state index in [2.05, 4.69) is 5.32 Å². The topological polar surface area (TPSA) is 69.6 Å². The second-order valence-corrected chi connectivity index (χ2v) is 5.42. The number of carbonyl (C=O) groups excluding carboxylic acids is 2. The summed E-state index contributed by atoms with van der Waals surface area (Å²) in [5, 5.41) is 12.5. The van der Waals surface area contributed by atoms with Gasteiger partial charge in [-0.2, -0.15) is 0 Å². The molecule has 1 aliphatic rings. The minimum atomic E-state index is -0.932. The molecule has 1 aromatic rings. The number of benzene rings is 1. The van der Waals surface area contributed by atoms with Gasteiger partial charge in [-0.1, -0.05) is 18.2 Å². The summed E-state index contributed by atoms with van der Waals surface area (Å²) in [6.07, 6.45) is 0.795. The van der Waals surface area contributed by atoms with Crippen LogP contribution in [0.15, 0.2) is 30.3 Å². The average Bonchev–Trinajstić information content (AvgIpc) is 3.30. The molecule has 1 aliphatic carbocycles. The quantitative estimate of drug-likeness (QED) is 0.830. The maximum absolute atomic E-state index is 12.6. The number of amides is 2. The summed E-state index contributed by atoms with van der Waals surface area (Å²) in [5.74, 6) is -0.420. The first-order valence-corrected chi connectivity index (χ1v) is 7.39. The Morgan fingerprint density at radius 1 is 1.33 bits per heavy atom. The fraction of sp³-hybridized carbons (Fsp3) is 0.500. The number of hydrogen-bond acceptors (Lipinski definition) is 3. The third-order valence-corrected chi connectivity index (χ3v) is 3.64. The zero-order valence-corrected chi connectivity index (χ0v) is 12.5. The highest BCUT2D eigenvalue weighted by atomic mass is 16.3. The van der Waals surface area contributed by atoms with Crippen molar-refractivity contribution in [3.05, 3.63) is 30.3 Å². The van der Waals surface area contributed by atoms with E-state index in [1.807, 2.05) is 37.3 Å². The Bertz CT molecular complexity index is 498. The van der Waals surface area contributed by atoms with Gasteiger partial charge in [0.05, 0.1) is 6.10 Å². The smallest absolute Gasteiger partial charge is 0.252 e. The van der Waals surface area contributed by atoms with Gasteiger partial charge in [0.1, 0.15) is 6.04 Å². The summed E-state index contributed by atoms with van der Waals surface area (Å²) in [6, 6.07) is 8.35. The minimum Gasteiger partial charge on any atom is -0.391 e. The molecule has 5 nitrogen and oxygen atoms in total. The Labute approximate surface area is 125 Å². The molecule has 2 amide bonds. The first kappa shape index (κ1) is 15.5. The van der Waals surface area contributed by atoms with Gasteiger partial charge in [-0.05, 0) is 38.8 Å². The molecule has 2 unspecified atom stereocenters. The van der Waals surface area contributed by atoms with Crippen molar-refractivity contribution in [1.29, 1.82) is 0 Å². The second kappa shape index (κ2) is 6.72. The van der Waals surface area contributed by atoms with Gasteiger partial charge in [0.2, 0.25) is 5.91 Å². The van der Waals surface area contributed by atoms with Crippen LogP contribution in [0.5, 0.6) is 0 Å². The number of aliphatic hydroxyl groups excluding tert-OH is 1. The molecule has 0 saturated heterocycles. The molecule has 0 bridgehead atoms. The molecule has 2 rings (SSSR count). The molecule has 21 heavy (non-hydrogen) atoms. The molecular formula is C16H22N2O3. The molecule has 0 heterocycles. The van der Waals surface area contributed by atoms with Crippen LogP contribution in [-0.2, 0) is 9.59 Å². The Morgan fingerprint density at radius 3 is 2.43 bits per heavy atom. The van der Waals surface area contributed by atoms with Gasteiger partial charge in [0.25, 0.3) is 5.91 Å². The van der Waals surface area contributed by atoms with Gasteiger partial charge in [0.15, 0.2) is 0 Å². The maximum Gasteiger partial charge on any atom is 0.252 e. The molecule has 5 heteroatoms. The molecule has 2 N–H and O–H groups in total. The van der Waals surface area contributed by atoms with Crippen molar-refractivity contribution in [2.75, 3.05) is 11.4 Å². The van der Waals surface area contributed by atoms with Gasteiger partial charge in [-0.15, -0.1) is 0 Å². The fourth-order valence-corrected chi connectivity index (χ4v) is 2.25. The third-order valence-electron chi connectivity index (χ3n) is 3.64. The SMILES string of the molecule is CCN(C(=O)C(NC(=O)C1CC1)C(C)O)c1ccccc1. The lowest BCUT2D eigenvalue weighted by molar-refractivity contribution is -0.130. The van der Waals surface area contributed by atoms with Crippen molar-refractivity contribution < 1.29 is 14.7 Å². The number of carbonyl (C=O) groups is 2. The summed E-state index contributed by atoms with van der Waals surface area (Å²) in [6.45, 7) is 3.87. The number of aliphatic hydroxyl groups is 1. The van der Waals surface area contributed by atoms with Crippen molar-refractivity contribution in [2.45, 2.75) is 38.8 Å². The molecule has 1 saturated carbocycles. The van der Waals surface area contributed by atoms with Crippen molar-refractivity contribution in [3.8, 4) is 0 Å². The van der Waals surface area contributed by atoms with Gasteiger partial charge in [0, 0.05) is 18.2 Å². The van der Waals surface area contributed by atoms with Crippen molar-refractivity contribution in [2.24, 2.45) is 5.92 Å². The van der Waals surface area contributed by atoms with E-state index < -0.39 is 12.1 Å². The lowest BCUT2D eigenvalue weighted by Gasteiger charge is -2.28. The van der Waals surface area contributed by atoms with Crippen LogP contribution in [0.25, 0.3) is 0 Å². The van der Waals surface area contributed by atoms with Crippen molar-refractivity contribution in [1.82, 2.24) is 5.32 Å². The zero-order valence-electron chi connectivity index (χ0n) is 12.5. The Morgan fingerprint density at radius 2 is 1.95 bits per heavy atom.